The van der Waals surface area contributed by atoms with E-state index < -0.39 is 11.4 Å². The largest absolute Gasteiger partial charge is 0.481 e. The van der Waals surface area contributed by atoms with Crippen molar-refractivity contribution in [3.8, 4) is 11.3 Å². The Hall–Kier alpha value is -2.56. The van der Waals surface area contributed by atoms with Crippen molar-refractivity contribution in [1.29, 1.82) is 0 Å². The SMILES string of the molecule is CC(C)C1(C(=O)O)CCN(C(=O)c2ccc(-c3ccccc3)[nH]2)C1. The van der Waals surface area contributed by atoms with Gasteiger partial charge in [-0.05, 0) is 30.0 Å². The fourth-order valence-corrected chi connectivity index (χ4v) is 3.38. The number of carboxylic acids is 1. The van der Waals surface area contributed by atoms with E-state index >= 15 is 0 Å². The van der Waals surface area contributed by atoms with Crippen LogP contribution in [0.3, 0.4) is 0 Å². The van der Waals surface area contributed by atoms with Crippen LogP contribution in [-0.4, -0.2) is 40.0 Å². The summed E-state index contributed by atoms with van der Waals surface area (Å²) in [6.45, 7) is 4.55. The summed E-state index contributed by atoms with van der Waals surface area (Å²) in [4.78, 5) is 29.2. The van der Waals surface area contributed by atoms with E-state index in [1.54, 1.807) is 11.0 Å². The van der Waals surface area contributed by atoms with Gasteiger partial charge in [0.25, 0.3) is 5.91 Å². The second-order valence-corrected chi connectivity index (χ2v) is 6.74. The summed E-state index contributed by atoms with van der Waals surface area (Å²) in [6, 6.07) is 13.4. The van der Waals surface area contributed by atoms with Gasteiger partial charge in [0, 0.05) is 18.8 Å². The van der Waals surface area contributed by atoms with E-state index in [4.69, 9.17) is 0 Å². The Bertz CT molecular complexity index is 751. The highest BCUT2D eigenvalue weighted by Crippen LogP contribution is 2.38. The van der Waals surface area contributed by atoms with Gasteiger partial charge in [0.1, 0.15) is 5.69 Å². The lowest BCUT2D eigenvalue weighted by Crippen LogP contribution is -2.40. The molecule has 0 saturated carbocycles. The maximum Gasteiger partial charge on any atom is 0.311 e. The molecular weight excluding hydrogens is 304 g/mol. The van der Waals surface area contributed by atoms with E-state index in [1.165, 1.54) is 0 Å². The first-order valence-electron chi connectivity index (χ1n) is 8.21. The molecule has 1 aliphatic rings. The fourth-order valence-electron chi connectivity index (χ4n) is 3.38. The standard InChI is InChI=1S/C19H22N2O3/c1-13(2)19(18(23)24)10-11-21(12-19)17(22)16-9-8-15(20-16)14-6-4-3-5-7-14/h3-9,13,20H,10-12H2,1-2H3,(H,23,24). The quantitative estimate of drug-likeness (QED) is 0.906. The number of likely N-dealkylation sites (tertiary alicyclic amines) is 1. The number of rotatable bonds is 4. The van der Waals surface area contributed by atoms with Gasteiger partial charge in [0.15, 0.2) is 0 Å². The van der Waals surface area contributed by atoms with E-state index in [0.29, 0.717) is 18.7 Å². The van der Waals surface area contributed by atoms with E-state index in [9.17, 15) is 14.7 Å². The highest BCUT2D eigenvalue weighted by molar-refractivity contribution is 5.94. The Morgan fingerprint density at radius 3 is 2.46 bits per heavy atom. The van der Waals surface area contributed by atoms with Crippen molar-refractivity contribution >= 4 is 11.9 Å². The molecule has 126 valence electrons. The van der Waals surface area contributed by atoms with Crippen molar-refractivity contribution in [2.45, 2.75) is 20.3 Å². The molecule has 1 unspecified atom stereocenters. The molecule has 0 bridgehead atoms. The lowest BCUT2D eigenvalue weighted by molar-refractivity contribution is -0.150. The van der Waals surface area contributed by atoms with Crippen LogP contribution in [0.1, 0.15) is 30.8 Å². The zero-order chi connectivity index (χ0) is 17.3. The summed E-state index contributed by atoms with van der Waals surface area (Å²) < 4.78 is 0. The second kappa shape index (κ2) is 6.15. The van der Waals surface area contributed by atoms with Crippen molar-refractivity contribution in [3.63, 3.8) is 0 Å². The summed E-state index contributed by atoms with van der Waals surface area (Å²) in [5.74, 6) is -0.971. The van der Waals surface area contributed by atoms with Crippen LogP contribution in [0.15, 0.2) is 42.5 Å². The Labute approximate surface area is 141 Å². The molecular formula is C19H22N2O3. The first kappa shape index (κ1) is 16.3. The summed E-state index contributed by atoms with van der Waals surface area (Å²) in [6.07, 6.45) is 0.498. The number of nitrogens with zero attached hydrogens (tertiary/aromatic N) is 1. The van der Waals surface area contributed by atoms with Gasteiger partial charge < -0.3 is 15.0 Å². The number of hydrogen-bond acceptors (Lipinski definition) is 2. The normalized spacial score (nSPS) is 20.5. The van der Waals surface area contributed by atoms with Crippen molar-refractivity contribution in [2.75, 3.05) is 13.1 Å². The van der Waals surface area contributed by atoms with Crippen molar-refractivity contribution in [3.05, 3.63) is 48.2 Å². The van der Waals surface area contributed by atoms with Gasteiger partial charge in [-0.25, -0.2) is 0 Å². The Morgan fingerprint density at radius 1 is 1.17 bits per heavy atom. The number of benzene rings is 1. The number of carbonyl (C=O) groups is 2. The number of aromatic amines is 1. The molecule has 2 heterocycles. The van der Waals surface area contributed by atoms with Crippen LogP contribution in [0.2, 0.25) is 0 Å². The van der Waals surface area contributed by atoms with Crippen molar-refractivity contribution < 1.29 is 14.7 Å². The molecule has 1 aromatic heterocycles. The van der Waals surface area contributed by atoms with Gasteiger partial charge in [-0.3, -0.25) is 9.59 Å². The predicted octanol–water partition coefficient (Wildman–Crippen LogP) is 3.25. The van der Waals surface area contributed by atoms with Crippen LogP contribution in [0.25, 0.3) is 11.3 Å². The van der Waals surface area contributed by atoms with E-state index in [1.807, 2.05) is 50.2 Å². The first-order valence-corrected chi connectivity index (χ1v) is 8.21. The molecule has 0 spiro atoms. The van der Waals surface area contributed by atoms with E-state index in [0.717, 1.165) is 11.3 Å². The molecule has 1 aromatic carbocycles. The summed E-state index contributed by atoms with van der Waals surface area (Å²) in [7, 11) is 0. The van der Waals surface area contributed by atoms with Crippen LogP contribution in [-0.2, 0) is 4.79 Å². The molecule has 2 N–H and O–H groups in total. The average Bonchev–Trinajstić information content (AvgIpc) is 3.23. The van der Waals surface area contributed by atoms with E-state index in [-0.39, 0.29) is 18.4 Å². The molecule has 2 aromatic rings. The van der Waals surface area contributed by atoms with E-state index in [2.05, 4.69) is 4.98 Å². The topological polar surface area (TPSA) is 73.4 Å². The molecule has 5 nitrogen and oxygen atoms in total. The highest BCUT2D eigenvalue weighted by Gasteiger charge is 2.48. The number of H-pyrrole nitrogens is 1. The number of carbonyl (C=O) groups excluding carboxylic acids is 1. The number of nitrogens with one attached hydrogen (secondary N) is 1. The Kier molecular flexibility index (Phi) is 4.18. The first-order chi connectivity index (χ1) is 11.4. The molecule has 1 aliphatic heterocycles. The van der Waals surface area contributed by atoms with Crippen LogP contribution < -0.4 is 0 Å². The number of hydrogen-bond donors (Lipinski definition) is 2. The van der Waals surface area contributed by atoms with Gasteiger partial charge in [-0.15, -0.1) is 0 Å². The number of aliphatic carboxylic acids is 1. The smallest absolute Gasteiger partial charge is 0.311 e. The van der Waals surface area contributed by atoms with Crippen LogP contribution >= 0.6 is 0 Å². The maximum absolute atomic E-state index is 12.7. The van der Waals surface area contributed by atoms with Gasteiger partial charge in [-0.2, -0.15) is 0 Å². The minimum atomic E-state index is -0.843. The zero-order valence-corrected chi connectivity index (χ0v) is 14.0. The summed E-state index contributed by atoms with van der Waals surface area (Å²) in [5.41, 5.74) is 1.55. The van der Waals surface area contributed by atoms with Crippen molar-refractivity contribution in [2.24, 2.45) is 11.3 Å². The molecule has 3 rings (SSSR count). The number of aromatic nitrogens is 1. The van der Waals surface area contributed by atoms with Crippen LogP contribution in [0, 0.1) is 11.3 Å². The molecule has 1 atom stereocenters. The third kappa shape index (κ3) is 2.70. The van der Waals surface area contributed by atoms with Gasteiger partial charge in [0.05, 0.1) is 5.41 Å². The predicted molar refractivity (Wildman–Crippen MR) is 91.7 cm³/mol. The molecule has 1 fully saturated rings. The third-order valence-electron chi connectivity index (χ3n) is 5.12. The van der Waals surface area contributed by atoms with Gasteiger partial charge in [-0.1, -0.05) is 44.2 Å². The minimum Gasteiger partial charge on any atom is -0.481 e. The molecule has 24 heavy (non-hydrogen) atoms. The average molecular weight is 326 g/mol. The Balaban J connectivity index is 1.79. The molecule has 0 aliphatic carbocycles. The Morgan fingerprint density at radius 2 is 1.88 bits per heavy atom. The lowest BCUT2D eigenvalue weighted by Gasteiger charge is -2.28. The van der Waals surface area contributed by atoms with Crippen LogP contribution in [0.4, 0.5) is 0 Å². The minimum absolute atomic E-state index is 0.0173. The molecule has 0 radical (unpaired) electrons. The third-order valence-corrected chi connectivity index (χ3v) is 5.12. The number of carboxylic acid groups (broad SMARTS) is 1. The second-order valence-electron chi connectivity index (χ2n) is 6.74. The lowest BCUT2D eigenvalue weighted by atomic mass is 9.76. The molecule has 1 amide bonds. The molecule has 5 heteroatoms. The van der Waals surface area contributed by atoms with Gasteiger partial charge >= 0.3 is 5.97 Å². The molecule has 1 saturated heterocycles. The zero-order valence-electron chi connectivity index (χ0n) is 14.0. The maximum atomic E-state index is 12.7. The monoisotopic (exact) mass is 326 g/mol. The highest BCUT2D eigenvalue weighted by atomic mass is 16.4. The fraction of sp³-hybridized carbons (Fsp3) is 0.368. The van der Waals surface area contributed by atoms with Gasteiger partial charge in [0.2, 0.25) is 0 Å². The van der Waals surface area contributed by atoms with Crippen LogP contribution in [0.5, 0.6) is 0 Å². The number of amides is 1. The summed E-state index contributed by atoms with van der Waals surface area (Å²) in [5, 5.41) is 9.61. The summed E-state index contributed by atoms with van der Waals surface area (Å²) >= 11 is 0. The van der Waals surface area contributed by atoms with Crippen molar-refractivity contribution in [1.82, 2.24) is 9.88 Å².